The lowest BCUT2D eigenvalue weighted by Gasteiger charge is -2.09. The minimum absolute atomic E-state index is 0.245. The van der Waals surface area contributed by atoms with Crippen LogP contribution in [0.25, 0.3) is 0 Å². The largest absolute Gasteiger partial charge is 0.489 e. The molecular weight excluding hydrogens is 544 g/mol. The number of carbonyl (C=O) groups is 2. The van der Waals surface area contributed by atoms with Gasteiger partial charge < -0.3 is 9.47 Å². The molecule has 6 nitrogen and oxygen atoms in total. The average molecular weight is 564 g/mol. The second-order valence-electron chi connectivity index (χ2n) is 7.55. The van der Waals surface area contributed by atoms with Crippen molar-refractivity contribution in [1.29, 1.82) is 0 Å². The van der Waals surface area contributed by atoms with Crippen LogP contribution in [0.3, 0.4) is 0 Å². The first-order valence-corrected chi connectivity index (χ1v) is 12.0. The Morgan fingerprint density at radius 3 is 2.39 bits per heavy atom. The highest BCUT2D eigenvalue weighted by atomic mass is 79.9. The van der Waals surface area contributed by atoms with E-state index in [1.54, 1.807) is 66.7 Å². The lowest BCUT2D eigenvalue weighted by atomic mass is 10.2. The Balaban J connectivity index is 1.38. The minimum Gasteiger partial charge on any atom is -0.489 e. The van der Waals surface area contributed by atoms with Crippen molar-refractivity contribution in [3.63, 3.8) is 0 Å². The van der Waals surface area contributed by atoms with Crippen molar-refractivity contribution in [1.82, 2.24) is 5.43 Å². The summed E-state index contributed by atoms with van der Waals surface area (Å²) in [5, 5.41) is 4.31. The summed E-state index contributed by atoms with van der Waals surface area (Å²) in [6.07, 6.45) is 1.40. The van der Waals surface area contributed by atoms with E-state index < -0.39 is 11.9 Å². The van der Waals surface area contributed by atoms with E-state index in [1.807, 2.05) is 30.3 Å². The Morgan fingerprint density at radius 1 is 0.917 bits per heavy atom. The Hall–Kier alpha value is -3.94. The summed E-state index contributed by atoms with van der Waals surface area (Å²) >= 11 is 9.48. The maximum Gasteiger partial charge on any atom is 0.345 e. The summed E-state index contributed by atoms with van der Waals surface area (Å²) in [5.41, 5.74) is 4.67. The van der Waals surface area contributed by atoms with Gasteiger partial charge in [-0.15, -0.1) is 0 Å². The van der Waals surface area contributed by atoms with E-state index in [0.717, 1.165) is 10.0 Å². The molecule has 0 saturated carbocycles. The van der Waals surface area contributed by atoms with Crippen LogP contribution in [0.15, 0.2) is 107 Å². The number of carbonyl (C=O) groups excluding carboxylic acids is 2. The van der Waals surface area contributed by atoms with Gasteiger partial charge in [0.1, 0.15) is 18.1 Å². The van der Waals surface area contributed by atoms with Crippen molar-refractivity contribution >= 4 is 45.6 Å². The summed E-state index contributed by atoms with van der Waals surface area (Å²) in [4.78, 5) is 25.1. The number of rotatable bonds is 8. The van der Waals surface area contributed by atoms with Crippen LogP contribution in [0.4, 0.5) is 0 Å². The Kier molecular flexibility index (Phi) is 8.49. The molecule has 8 heteroatoms. The zero-order valence-electron chi connectivity index (χ0n) is 18.9. The maximum absolute atomic E-state index is 12.6. The van der Waals surface area contributed by atoms with Crippen molar-refractivity contribution in [2.24, 2.45) is 5.10 Å². The monoisotopic (exact) mass is 562 g/mol. The molecule has 0 radical (unpaired) electrons. The molecule has 4 rings (SSSR count). The first-order valence-electron chi connectivity index (χ1n) is 10.9. The summed E-state index contributed by atoms with van der Waals surface area (Å²) in [6, 6.07) is 28.2. The summed E-state index contributed by atoms with van der Waals surface area (Å²) < 4.78 is 12.0. The predicted molar refractivity (Wildman–Crippen MR) is 143 cm³/mol. The highest BCUT2D eigenvalue weighted by molar-refractivity contribution is 9.10. The molecule has 0 unspecified atom stereocenters. The molecule has 180 valence electrons. The molecule has 0 aromatic heterocycles. The summed E-state index contributed by atoms with van der Waals surface area (Å²) in [6.45, 7) is 0.437. The lowest BCUT2D eigenvalue weighted by molar-refractivity contribution is 0.0734. The smallest absolute Gasteiger partial charge is 0.345 e. The molecule has 0 aliphatic carbocycles. The lowest BCUT2D eigenvalue weighted by Crippen LogP contribution is -2.17. The van der Waals surface area contributed by atoms with Crippen LogP contribution < -0.4 is 14.9 Å². The van der Waals surface area contributed by atoms with E-state index in [-0.39, 0.29) is 11.3 Å². The number of ether oxygens (including phenoxy) is 2. The second kappa shape index (κ2) is 12.2. The molecule has 36 heavy (non-hydrogen) atoms. The van der Waals surface area contributed by atoms with Crippen LogP contribution in [-0.4, -0.2) is 18.1 Å². The number of nitrogens with zero attached hydrogens (tertiary/aromatic N) is 1. The van der Waals surface area contributed by atoms with Crippen LogP contribution in [0.2, 0.25) is 5.02 Å². The summed E-state index contributed by atoms with van der Waals surface area (Å²) in [5.74, 6) is -0.0827. The van der Waals surface area contributed by atoms with Crippen molar-refractivity contribution in [2.75, 3.05) is 0 Å². The molecule has 0 spiro atoms. The van der Waals surface area contributed by atoms with Crippen LogP contribution in [0, 0.1) is 0 Å². The molecule has 1 N–H and O–H groups in total. The third-order valence-corrected chi connectivity index (χ3v) is 5.83. The van der Waals surface area contributed by atoms with Crippen molar-refractivity contribution in [3.8, 4) is 11.5 Å². The number of esters is 1. The number of nitrogens with one attached hydrogen (secondary N) is 1. The van der Waals surface area contributed by atoms with Gasteiger partial charge in [-0.2, -0.15) is 5.10 Å². The third-order valence-electron chi connectivity index (χ3n) is 5.00. The Morgan fingerprint density at radius 2 is 1.64 bits per heavy atom. The quantitative estimate of drug-likeness (QED) is 0.112. The molecular formula is C28H20BrClN2O4. The van der Waals surface area contributed by atoms with Gasteiger partial charge in [0.15, 0.2) is 0 Å². The fourth-order valence-electron chi connectivity index (χ4n) is 3.16. The van der Waals surface area contributed by atoms with Gasteiger partial charge in [-0.25, -0.2) is 10.2 Å². The SMILES string of the molecule is O=C(NN=Cc1cc(Br)ccc1OC(=O)c1ccccc1Cl)c1ccc(OCc2ccccc2)cc1. The highest BCUT2D eigenvalue weighted by Gasteiger charge is 2.14. The minimum atomic E-state index is -0.601. The normalized spacial score (nSPS) is 10.7. The van der Waals surface area contributed by atoms with Crippen molar-refractivity contribution < 1.29 is 19.1 Å². The molecule has 0 aliphatic rings. The fourth-order valence-corrected chi connectivity index (χ4v) is 3.75. The van der Waals surface area contributed by atoms with Crippen LogP contribution in [0.5, 0.6) is 11.5 Å². The van der Waals surface area contributed by atoms with E-state index in [0.29, 0.717) is 28.5 Å². The predicted octanol–water partition coefficient (Wildman–Crippen LogP) is 6.66. The Bertz CT molecular complexity index is 1390. The van der Waals surface area contributed by atoms with Crippen LogP contribution in [0.1, 0.15) is 31.8 Å². The molecule has 0 aliphatic heterocycles. The standard InChI is InChI=1S/C28H20BrClN2O4/c29-22-12-15-26(36-28(34)24-8-4-5-9-25(24)30)21(16-22)17-31-32-27(33)20-10-13-23(14-11-20)35-18-19-6-2-1-3-7-19/h1-17H,18H2,(H,32,33). The van der Waals surface area contributed by atoms with E-state index in [4.69, 9.17) is 21.1 Å². The van der Waals surface area contributed by atoms with E-state index in [2.05, 4.69) is 26.5 Å². The molecule has 0 fully saturated rings. The first kappa shape index (κ1) is 25.2. The topological polar surface area (TPSA) is 77.0 Å². The molecule has 0 bridgehead atoms. The van der Waals surface area contributed by atoms with Gasteiger partial charge >= 0.3 is 5.97 Å². The highest BCUT2D eigenvalue weighted by Crippen LogP contribution is 2.24. The van der Waals surface area contributed by atoms with Crippen LogP contribution in [-0.2, 0) is 6.61 Å². The Labute approximate surface area is 221 Å². The van der Waals surface area contributed by atoms with Gasteiger partial charge in [0.2, 0.25) is 0 Å². The average Bonchev–Trinajstić information content (AvgIpc) is 2.90. The molecule has 0 atom stereocenters. The summed E-state index contributed by atoms with van der Waals surface area (Å²) in [7, 11) is 0. The van der Waals surface area contributed by atoms with Gasteiger partial charge in [0.25, 0.3) is 5.91 Å². The van der Waals surface area contributed by atoms with Gasteiger partial charge in [0, 0.05) is 15.6 Å². The molecule has 0 saturated heterocycles. The second-order valence-corrected chi connectivity index (χ2v) is 8.87. The van der Waals surface area contributed by atoms with Gasteiger partial charge in [0.05, 0.1) is 16.8 Å². The number of amides is 1. The van der Waals surface area contributed by atoms with Gasteiger partial charge in [-0.1, -0.05) is 70.0 Å². The number of halogens is 2. The third kappa shape index (κ3) is 6.81. The van der Waals surface area contributed by atoms with Crippen molar-refractivity contribution in [3.05, 3.63) is 129 Å². The number of benzene rings is 4. The van der Waals surface area contributed by atoms with Gasteiger partial charge in [-0.3, -0.25) is 4.79 Å². The number of hydrazone groups is 1. The van der Waals surface area contributed by atoms with E-state index in [1.165, 1.54) is 6.21 Å². The molecule has 0 heterocycles. The number of hydrogen-bond donors (Lipinski definition) is 1. The molecule has 4 aromatic rings. The maximum atomic E-state index is 12.6. The molecule has 4 aromatic carbocycles. The number of hydrogen-bond acceptors (Lipinski definition) is 5. The van der Waals surface area contributed by atoms with Gasteiger partial charge in [-0.05, 0) is 60.2 Å². The zero-order valence-corrected chi connectivity index (χ0v) is 21.2. The van der Waals surface area contributed by atoms with Crippen molar-refractivity contribution in [2.45, 2.75) is 6.61 Å². The first-order chi connectivity index (χ1) is 17.5. The molecule has 1 amide bonds. The zero-order chi connectivity index (χ0) is 25.3. The van der Waals surface area contributed by atoms with E-state index in [9.17, 15) is 9.59 Å². The fraction of sp³-hybridized carbons (Fsp3) is 0.0357. The van der Waals surface area contributed by atoms with E-state index >= 15 is 0 Å². The van der Waals surface area contributed by atoms with Crippen LogP contribution >= 0.6 is 27.5 Å².